The third kappa shape index (κ3) is 1.03. The van der Waals surface area contributed by atoms with E-state index in [2.05, 4.69) is 0 Å². The molecule has 0 aromatic heterocycles. The lowest BCUT2D eigenvalue weighted by molar-refractivity contribution is 0.127. The molecule has 0 saturated carbocycles. The quantitative estimate of drug-likeness (QED) is 0.647. The van der Waals surface area contributed by atoms with Crippen molar-refractivity contribution in [3.05, 3.63) is 21.7 Å². The van der Waals surface area contributed by atoms with Gasteiger partial charge in [0.05, 0.1) is 0 Å². The molecule has 12 heavy (non-hydrogen) atoms. The van der Waals surface area contributed by atoms with Gasteiger partial charge in [0.25, 0.3) is 0 Å². The van der Waals surface area contributed by atoms with E-state index in [1.54, 1.807) is 0 Å². The average molecular weight is 205 g/mol. The molecule has 2 aliphatic rings. The minimum absolute atomic E-state index is 0.172. The van der Waals surface area contributed by atoms with Crippen molar-refractivity contribution in [2.75, 3.05) is 6.79 Å². The molecule has 4 heteroatoms. The maximum Gasteiger partial charge on any atom is 0.231 e. The van der Waals surface area contributed by atoms with Crippen LogP contribution in [0.1, 0.15) is 5.56 Å². The van der Waals surface area contributed by atoms with Crippen LogP contribution in [0.4, 0.5) is 0 Å². The lowest BCUT2D eigenvalue weighted by Crippen LogP contribution is -2.01. The molecule has 0 unspecified atom stereocenters. The van der Waals surface area contributed by atoms with Crippen molar-refractivity contribution in [2.24, 2.45) is 0 Å². The lowest BCUT2D eigenvalue weighted by atomic mass is 10.2. The van der Waals surface area contributed by atoms with Gasteiger partial charge in [-0.15, -0.1) is 0 Å². The first-order valence-corrected chi connectivity index (χ1v) is 4.20. The second-order valence-corrected chi connectivity index (χ2v) is 3.31. The molecule has 0 saturated heterocycles. The normalized spacial score (nSPS) is 13.6. The van der Waals surface area contributed by atoms with Crippen LogP contribution in [-0.2, 0) is 0 Å². The highest BCUT2D eigenvalue weighted by Crippen LogP contribution is 2.43. The summed E-state index contributed by atoms with van der Waals surface area (Å²) >= 11 is 11.8. The first-order valence-electron chi connectivity index (χ1n) is 3.44. The van der Waals surface area contributed by atoms with Gasteiger partial charge in [0.15, 0.2) is 0 Å². The average Bonchev–Trinajstić information content (AvgIpc) is 2.29. The molecule has 0 amide bonds. The van der Waals surface area contributed by atoms with Gasteiger partial charge in [-0.25, -0.2) is 0 Å². The molecule has 1 aromatic rings. The summed E-state index contributed by atoms with van der Waals surface area (Å²) < 4.78 is 10.4. The van der Waals surface area contributed by atoms with Crippen molar-refractivity contribution in [3.63, 3.8) is 0 Å². The van der Waals surface area contributed by atoms with Gasteiger partial charge in [-0.05, 0) is 18.6 Å². The van der Waals surface area contributed by atoms with Gasteiger partial charge >= 0.3 is 0 Å². The summed E-state index contributed by atoms with van der Waals surface area (Å²) in [5.74, 6) is 1.20. The van der Waals surface area contributed by atoms with E-state index in [-0.39, 0.29) is 6.79 Å². The molecule has 0 fully saturated rings. The zero-order valence-electron chi connectivity index (χ0n) is 6.36. The van der Waals surface area contributed by atoms with E-state index >= 15 is 0 Å². The van der Waals surface area contributed by atoms with E-state index in [0.717, 1.165) is 5.56 Å². The second-order valence-electron chi connectivity index (χ2n) is 2.56. The maximum absolute atomic E-state index is 5.91. The Balaban J connectivity index is 2.74. The molecule has 0 spiro atoms. The van der Waals surface area contributed by atoms with Crippen LogP contribution in [0.15, 0.2) is 6.07 Å². The van der Waals surface area contributed by atoms with Crippen molar-refractivity contribution in [2.45, 2.75) is 6.92 Å². The number of hydrogen-bond donors (Lipinski definition) is 0. The Hall–Kier alpha value is -0.600. The first kappa shape index (κ1) is 8.02. The zero-order chi connectivity index (χ0) is 8.72. The van der Waals surface area contributed by atoms with Crippen LogP contribution in [-0.4, -0.2) is 6.79 Å². The molecular weight excluding hydrogens is 199 g/mol. The summed E-state index contributed by atoms with van der Waals surface area (Å²) in [4.78, 5) is 0. The van der Waals surface area contributed by atoms with E-state index in [1.807, 2.05) is 13.0 Å². The summed E-state index contributed by atoms with van der Waals surface area (Å²) in [5, 5.41) is 0.860. The lowest BCUT2D eigenvalue weighted by Gasteiger charge is -2.04. The number of aryl methyl sites for hydroxylation is 1. The predicted molar refractivity (Wildman–Crippen MR) is 47.3 cm³/mol. The number of hydrogen-bond acceptors (Lipinski definition) is 2. The van der Waals surface area contributed by atoms with E-state index in [9.17, 15) is 0 Å². The molecule has 2 nitrogen and oxygen atoms in total. The molecule has 2 heterocycles. The third-order valence-electron chi connectivity index (χ3n) is 1.73. The number of fused-ring (bicyclic) bond motifs is 4. The van der Waals surface area contributed by atoms with Gasteiger partial charge in [-0.3, -0.25) is 0 Å². The highest BCUT2D eigenvalue weighted by Gasteiger charge is 2.19. The zero-order valence-corrected chi connectivity index (χ0v) is 7.87. The van der Waals surface area contributed by atoms with Gasteiger partial charge in [-0.1, -0.05) is 23.2 Å². The van der Waals surface area contributed by atoms with E-state index < -0.39 is 0 Å². The van der Waals surface area contributed by atoms with Gasteiger partial charge in [0, 0.05) is 0 Å². The summed E-state index contributed by atoms with van der Waals surface area (Å²) in [6.45, 7) is 2.07. The molecule has 1 aromatic carbocycles. The molecule has 2 bridgehead atoms. The Morgan fingerprint density at radius 2 is 2.00 bits per heavy atom. The largest absolute Gasteiger partial charge is 0.456 e. The summed E-state index contributed by atoms with van der Waals surface area (Å²) in [6.07, 6.45) is 0. The first-order chi connectivity index (χ1) is 5.70. The van der Waals surface area contributed by atoms with Crippen molar-refractivity contribution >= 4 is 23.2 Å². The monoisotopic (exact) mass is 204 g/mol. The van der Waals surface area contributed by atoms with Crippen molar-refractivity contribution in [1.82, 2.24) is 0 Å². The van der Waals surface area contributed by atoms with E-state index in [0.29, 0.717) is 21.5 Å². The molecule has 0 N–H and O–H groups in total. The van der Waals surface area contributed by atoms with Crippen LogP contribution < -0.4 is 9.47 Å². The summed E-state index contributed by atoms with van der Waals surface area (Å²) in [7, 11) is 0. The fraction of sp³-hybridized carbons (Fsp3) is 0.250. The summed E-state index contributed by atoms with van der Waals surface area (Å²) in [5.41, 5.74) is 0.942. The highest BCUT2D eigenvalue weighted by molar-refractivity contribution is 6.44. The van der Waals surface area contributed by atoms with Crippen LogP contribution in [0.25, 0.3) is 0 Å². The Morgan fingerprint density at radius 3 is 2.75 bits per heavy atom. The number of rotatable bonds is 0. The van der Waals surface area contributed by atoms with Gasteiger partial charge in [-0.2, -0.15) is 0 Å². The van der Waals surface area contributed by atoms with Crippen LogP contribution >= 0.6 is 23.2 Å². The molecule has 3 rings (SSSR count). The van der Waals surface area contributed by atoms with Gasteiger partial charge in [0.2, 0.25) is 6.79 Å². The fourth-order valence-electron chi connectivity index (χ4n) is 1.14. The highest BCUT2D eigenvalue weighted by atomic mass is 35.5. The molecular formula is C8H6Cl2O2. The smallest absolute Gasteiger partial charge is 0.231 e. The number of ether oxygens (including phenoxy) is 2. The van der Waals surface area contributed by atoms with Crippen LogP contribution in [0.3, 0.4) is 0 Å². The standard InChI is InChI=1S/C8H6Cl2O2/c1-4-2-5-6(9)7(10)8(4)12-3-11-5/h2H,3H2,1H3. The van der Waals surface area contributed by atoms with Gasteiger partial charge < -0.3 is 9.47 Å². The topological polar surface area (TPSA) is 18.5 Å². The van der Waals surface area contributed by atoms with Crippen molar-refractivity contribution in [1.29, 1.82) is 0 Å². The minimum atomic E-state index is 0.172. The SMILES string of the molecule is Cc1cc2c(Cl)c(Cl)c1OCO2. The minimum Gasteiger partial charge on any atom is -0.456 e. The van der Waals surface area contributed by atoms with Crippen LogP contribution in [0.5, 0.6) is 11.5 Å². The van der Waals surface area contributed by atoms with E-state index in [4.69, 9.17) is 32.7 Å². The Morgan fingerprint density at radius 1 is 1.25 bits per heavy atom. The molecule has 0 radical (unpaired) electrons. The van der Waals surface area contributed by atoms with Crippen LogP contribution in [0.2, 0.25) is 10.0 Å². The third-order valence-corrected chi connectivity index (χ3v) is 2.56. The van der Waals surface area contributed by atoms with Crippen LogP contribution in [0, 0.1) is 6.92 Å². The Labute approximate surface area is 80.0 Å². The number of benzene rings is 1. The van der Waals surface area contributed by atoms with Gasteiger partial charge in [0.1, 0.15) is 21.5 Å². The Bertz CT molecular complexity index is 336. The second kappa shape index (κ2) is 2.71. The van der Waals surface area contributed by atoms with Crippen molar-refractivity contribution in [3.8, 4) is 11.5 Å². The Kier molecular flexibility index (Phi) is 1.81. The fourth-order valence-corrected chi connectivity index (χ4v) is 1.63. The molecule has 2 aliphatic heterocycles. The van der Waals surface area contributed by atoms with Crippen molar-refractivity contribution < 1.29 is 9.47 Å². The summed E-state index contributed by atoms with van der Waals surface area (Å²) in [6, 6.07) is 1.82. The number of halogens is 2. The molecule has 0 aliphatic carbocycles. The molecule has 64 valence electrons. The van der Waals surface area contributed by atoms with E-state index in [1.165, 1.54) is 0 Å². The predicted octanol–water partition coefficient (Wildman–Crippen LogP) is 3.03. The maximum atomic E-state index is 5.91. The molecule has 0 atom stereocenters.